The largest absolute Gasteiger partial charge is 0.362 e. The van der Waals surface area contributed by atoms with Crippen molar-refractivity contribution in [3.63, 3.8) is 0 Å². The summed E-state index contributed by atoms with van der Waals surface area (Å²) in [6.07, 6.45) is 6.68. The smallest absolute Gasteiger partial charge is 0.156 e. The van der Waals surface area contributed by atoms with E-state index >= 15 is 0 Å². The highest BCUT2D eigenvalue weighted by atomic mass is 32.2. The van der Waals surface area contributed by atoms with E-state index in [1.54, 1.807) is 0 Å². The molecule has 0 aromatic heterocycles. The standard InChI is InChI=1S/C18H26N2S/c1-14(15-7-3-2-4-8-15)11-12-19-18-20-17-10-6-5-9-16(17)13-21-18/h2-4,7-8,14,16-17H,5-6,9-13H2,1H3,(H,19,20). The molecule has 114 valence electrons. The number of rotatable bonds is 4. The van der Waals surface area contributed by atoms with Crippen LogP contribution in [-0.4, -0.2) is 23.5 Å². The minimum Gasteiger partial charge on any atom is -0.362 e. The van der Waals surface area contributed by atoms with Gasteiger partial charge in [0, 0.05) is 18.3 Å². The zero-order valence-electron chi connectivity index (χ0n) is 12.9. The summed E-state index contributed by atoms with van der Waals surface area (Å²) in [5.74, 6) is 2.74. The molecular weight excluding hydrogens is 276 g/mol. The Balaban J connectivity index is 1.48. The van der Waals surface area contributed by atoms with Crippen molar-refractivity contribution in [2.24, 2.45) is 10.9 Å². The van der Waals surface area contributed by atoms with Crippen LogP contribution >= 0.6 is 11.8 Å². The number of aliphatic imine (C=N–C) groups is 1. The second-order valence-electron chi connectivity index (χ2n) is 6.39. The summed E-state index contributed by atoms with van der Waals surface area (Å²) in [5, 5.41) is 4.87. The molecule has 1 aliphatic carbocycles. The zero-order chi connectivity index (χ0) is 14.5. The van der Waals surface area contributed by atoms with Gasteiger partial charge in [0.1, 0.15) is 0 Å². The van der Waals surface area contributed by atoms with Crippen molar-refractivity contribution in [1.29, 1.82) is 0 Å². The van der Waals surface area contributed by atoms with Crippen LogP contribution in [0.15, 0.2) is 35.3 Å². The van der Waals surface area contributed by atoms with Gasteiger partial charge in [0.2, 0.25) is 0 Å². The van der Waals surface area contributed by atoms with Gasteiger partial charge in [-0.1, -0.05) is 61.9 Å². The Bertz CT molecular complexity index is 471. The first-order valence-electron chi connectivity index (χ1n) is 8.31. The van der Waals surface area contributed by atoms with E-state index < -0.39 is 0 Å². The van der Waals surface area contributed by atoms with Crippen molar-refractivity contribution < 1.29 is 0 Å². The van der Waals surface area contributed by atoms with Gasteiger partial charge in [0.05, 0.1) is 0 Å². The molecule has 0 amide bonds. The molecule has 3 heteroatoms. The van der Waals surface area contributed by atoms with E-state index in [0.717, 1.165) is 18.9 Å². The van der Waals surface area contributed by atoms with E-state index in [0.29, 0.717) is 12.0 Å². The summed E-state index contributed by atoms with van der Waals surface area (Å²) in [5.41, 5.74) is 1.43. The number of thioether (sulfide) groups is 1. The van der Waals surface area contributed by atoms with Gasteiger partial charge < -0.3 is 5.32 Å². The van der Waals surface area contributed by atoms with Gasteiger partial charge in [0.25, 0.3) is 0 Å². The molecule has 3 atom stereocenters. The van der Waals surface area contributed by atoms with Crippen molar-refractivity contribution in [3.05, 3.63) is 35.9 Å². The van der Waals surface area contributed by atoms with Crippen LogP contribution in [0.1, 0.15) is 50.5 Å². The number of nitrogens with zero attached hydrogens (tertiary/aromatic N) is 1. The first-order valence-corrected chi connectivity index (χ1v) is 9.30. The number of fused-ring (bicyclic) bond motifs is 1. The second kappa shape index (κ2) is 7.35. The minimum absolute atomic E-state index is 0.589. The van der Waals surface area contributed by atoms with Crippen LogP contribution in [0.25, 0.3) is 0 Å². The molecule has 2 fully saturated rings. The Morgan fingerprint density at radius 3 is 2.90 bits per heavy atom. The molecule has 1 N–H and O–H groups in total. The SMILES string of the molecule is CC(CCN=C1NC2CCCCC2CS1)c1ccccc1. The molecule has 2 aliphatic rings. The van der Waals surface area contributed by atoms with Crippen LogP contribution < -0.4 is 5.32 Å². The Morgan fingerprint density at radius 1 is 1.24 bits per heavy atom. The molecule has 21 heavy (non-hydrogen) atoms. The lowest BCUT2D eigenvalue weighted by molar-refractivity contribution is 0.311. The van der Waals surface area contributed by atoms with Gasteiger partial charge in [-0.05, 0) is 36.7 Å². The molecule has 1 saturated carbocycles. The predicted molar refractivity (Wildman–Crippen MR) is 93.1 cm³/mol. The monoisotopic (exact) mass is 302 g/mol. The summed E-state index contributed by atoms with van der Waals surface area (Å²) in [6.45, 7) is 3.23. The first kappa shape index (κ1) is 15.0. The molecular formula is C18H26N2S. The number of amidine groups is 1. The summed E-state index contributed by atoms with van der Waals surface area (Å²) < 4.78 is 0. The quantitative estimate of drug-likeness (QED) is 0.889. The number of hydrogen-bond acceptors (Lipinski definition) is 2. The maximum absolute atomic E-state index is 4.81. The van der Waals surface area contributed by atoms with Crippen molar-refractivity contribution in [2.75, 3.05) is 12.3 Å². The Kier molecular flexibility index (Phi) is 5.23. The molecule has 1 heterocycles. The number of nitrogens with one attached hydrogen (secondary N) is 1. The fourth-order valence-corrected chi connectivity index (χ4v) is 4.57. The van der Waals surface area contributed by atoms with E-state index in [9.17, 15) is 0 Å². The summed E-state index contributed by atoms with van der Waals surface area (Å²) in [7, 11) is 0. The maximum atomic E-state index is 4.81. The van der Waals surface area contributed by atoms with Crippen LogP contribution in [-0.2, 0) is 0 Å². The van der Waals surface area contributed by atoms with E-state index in [-0.39, 0.29) is 0 Å². The molecule has 1 saturated heterocycles. The highest BCUT2D eigenvalue weighted by molar-refractivity contribution is 8.13. The van der Waals surface area contributed by atoms with Gasteiger partial charge in [0.15, 0.2) is 5.17 Å². The molecule has 1 aromatic carbocycles. The molecule has 3 rings (SSSR count). The topological polar surface area (TPSA) is 24.4 Å². The fraction of sp³-hybridized carbons (Fsp3) is 0.611. The van der Waals surface area contributed by atoms with Crippen LogP contribution in [0.5, 0.6) is 0 Å². The Labute approximate surface area is 132 Å². The van der Waals surface area contributed by atoms with Crippen molar-refractivity contribution in [3.8, 4) is 0 Å². The first-order chi connectivity index (χ1) is 10.3. The lowest BCUT2D eigenvalue weighted by atomic mass is 9.86. The van der Waals surface area contributed by atoms with Gasteiger partial charge in [-0.2, -0.15) is 0 Å². The lowest BCUT2D eigenvalue weighted by Gasteiger charge is -2.36. The molecule has 1 aliphatic heterocycles. The second-order valence-corrected chi connectivity index (χ2v) is 7.40. The summed E-state index contributed by atoms with van der Waals surface area (Å²) in [4.78, 5) is 4.81. The molecule has 0 bridgehead atoms. The third kappa shape index (κ3) is 4.03. The highest BCUT2D eigenvalue weighted by Crippen LogP contribution is 2.31. The molecule has 1 aromatic rings. The zero-order valence-corrected chi connectivity index (χ0v) is 13.7. The Morgan fingerprint density at radius 2 is 2.05 bits per heavy atom. The summed E-state index contributed by atoms with van der Waals surface area (Å²) >= 11 is 1.94. The van der Waals surface area contributed by atoms with Crippen LogP contribution in [0.4, 0.5) is 0 Å². The molecule has 2 nitrogen and oxygen atoms in total. The predicted octanol–water partition coefficient (Wildman–Crippen LogP) is 4.43. The Hall–Kier alpha value is -0.960. The van der Waals surface area contributed by atoms with E-state index in [2.05, 4.69) is 42.6 Å². The summed E-state index contributed by atoms with van der Waals surface area (Å²) in [6, 6.07) is 11.5. The minimum atomic E-state index is 0.589. The van der Waals surface area contributed by atoms with E-state index in [1.165, 1.54) is 42.2 Å². The van der Waals surface area contributed by atoms with Gasteiger partial charge in [-0.15, -0.1) is 0 Å². The third-order valence-electron chi connectivity index (χ3n) is 4.84. The highest BCUT2D eigenvalue weighted by Gasteiger charge is 2.30. The average molecular weight is 302 g/mol. The van der Waals surface area contributed by atoms with Crippen LogP contribution in [0.2, 0.25) is 0 Å². The van der Waals surface area contributed by atoms with Crippen molar-refractivity contribution >= 4 is 16.9 Å². The number of benzene rings is 1. The van der Waals surface area contributed by atoms with E-state index in [1.807, 2.05) is 11.8 Å². The van der Waals surface area contributed by atoms with Crippen LogP contribution in [0.3, 0.4) is 0 Å². The van der Waals surface area contributed by atoms with Gasteiger partial charge in [-0.25, -0.2) is 0 Å². The number of hydrogen-bond donors (Lipinski definition) is 1. The normalized spacial score (nSPS) is 28.7. The van der Waals surface area contributed by atoms with E-state index in [4.69, 9.17) is 4.99 Å². The van der Waals surface area contributed by atoms with Gasteiger partial charge in [-0.3, -0.25) is 4.99 Å². The third-order valence-corrected chi connectivity index (χ3v) is 5.95. The maximum Gasteiger partial charge on any atom is 0.156 e. The average Bonchev–Trinajstić information content (AvgIpc) is 2.55. The molecule has 0 spiro atoms. The molecule has 0 radical (unpaired) electrons. The molecule has 3 unspecified atom stereocenters. The lowest BCUT2D eigenvalue weighted by Crippen LogP contribution is -2.46. The van der Waals surface area contributed by atoms with Crippen molar-refractivity contribution in [2.45, 2.75) is 51.0 Å². The van der Waals surface area contributed by atoms with Crippen LogP contribution in [0, 0.1) is 5.92 Å². The van der Waals surface area contributed by atoms with Gasteiger partial charge >= 0.3 is 0 Å². The fourth-order valence-electron chi connectivity index (χ4n) is 3.38. The van der Waals surface area contributed by atoms with Crippen molar-refractivity contribution in [1.82, 2.24) is 5.32 Å².